The molecule has 9 nitrogen and oxygen atoms in total. The van der Waals surface area contributed by atoms with Crippen molar-refractivity contribution in [1.29, 1.82) is 0 Å². The number of amides is 3. The largest absolute Gasteiger partial charge is 0.444 e. The molecular formula is C34H31N3O6. The minimum atomic E-state index is -1.02. The molecule has 0 saturated carbocycles. The van der Waals surface area contributed by atoms with Gasteiger partial charge in [0.2, 0.25) is 5.96 Å². The molecule has 0 radical (unpaired) electrons. The number of carbonyl (C=O) groups excluding carboxylic acids is 3. The van der Waals surface area contributed by atoms with Gasteiger partial charge in [-0.1, -0.05) is 133 Å². The highest BCUT2D eigenvalue weighted by molar-refractivity contribution is 6.05. The van der Waals surface area contributed by atoms with E-state index < -0.39 is 24.2 Å². The Bertz CT molecular complexity index is 1510. The van der Waals surface area contributed by atoms with E-state index >= 15 is 0 Å². The fourth-order valence-electron chi connectivity index (χ4n) is 3.75. The van der Waals surface area contributed by atoms with Crippen molar-refractivity contribution in [3.63, 3.8) is 0 Å². The van der Waals surface area contributed by atoms with Crippen LogP contribution in [0.4, 0.5) is 14.4 Å². The topological polar surface area (TPSA) is 107 Å². The average molecular weight is 578 g/mol. The number of nitrogens with one attached hydrogen (secondary N) is 1. The zero-order chi connectivity index (χ0) is 30.1. The second-order valence-electron chi connectivity index (χ2n) is 9.13. The first kappa shape index (κ1) is 30.3. The van der Waals surface area contributed by atoms with Gasteiger partial charge >= 0.3 is 18.3 Å². The summed E-state index contributed by atoms with van der Waals surface area (Å²) < 4.78 is 16.1. The van der Waals surface area contributed by atoms with Crippen LogP contribution in [0.5, 0.6) is 0 Å². The number of aliphatic imine (C=N–C) groups is 1. The van der Waals surface area contributed by atoms with Crippen LogP contribution in [-0.2, 0) is 34.0 Å². The maximum Gasteiger partial charge on any atom is 0.437 e. The zero-order valence-electron chi connectivity index (χ0n) is 23.4. The first-order valence-electron chi connectivity index (χ1n) is 13.5. The summed E-state index contributed by atoms with van der Waals surface area (Å²) in [5.41, 5.74) is 3.14. The van der Waals surface area contributed by atoms with Crippen LogP contribution in [0.3, 0.4) is 0 Å². The number of ether oxygens (including phenoxy) is 3. The number of hydrogen-bond acceptors (Lipinski definition) is 6. The van der Waals surface area contributed by atoms with Crippen molar-refractivity contribution in [2.45, 2.75) is 19.8 Å². The zero-order valence-corrected chi connectivity index (χ0v) is 23.4. The molecule has 0 unspecified atom stereocenters. The summed E-state index contributed by atoms with van der Waals surface area (Å²) in [7, 11) is 0. The molecular weight excluding hydrogens is 546 g/mol. The van der Waals surface area contributed by atoms with Gasteiger partial charge in [0.05, 0.1) is 6.54 Å². The molecule has 0 atom stereocenters. The molecule has 43 heavy (non-hydrogen) atoms. The van der Waals surface area contributed by atoms with Crippen LogP contribution in [0, 0.1) is 0 Å². The van der Waals surface area contributed by atoms with Crippen LogP contribution in [0.2, 0.25) is 0 Å². The van der Waals surface area contributed by atoms with Crippen molar-refractivity contribution in [3.05, 3.63) is 150 Å². The lowest BCUT2D eigenvalue weighted by atomic mass is 10.2. The van der Waals surface area contributed by atoms with Crippen LogP contribution in [0.1, 0.15) is 22.3 Å². The number of carbonyl (C=O) groups is 3. The van der Waals surface area contributed by atoms with Crippen LogP contribution in [0.15, 0.2) is 132 Å². The van der Waals surface area contributed by atoms with E-state index in [4.69, 9.17) is 14.2 Å². The summed E-state index contributed by atoms with van der Waals surface area (Å²) in [6, 6.07) is 36.7. The second-order valence-corrected chi connectivity index (χ2v) is 9.13. The highest BCUT2D eigenvalue weighted by atomic mass is 16.6. The van der Waals surface area contributed by atoms with Crippen LogP contribution < -0.4 is 5.32 Å². The van der Waals surface area contributed by atoms with E-state index in [1.807, 2.05) is 97.1 Å². The molecule has 0 heterocycles. The third kappa shape index (κ3) is 10.7. The molecule has 4 aromatic rings. The summed E-state index contributed by atoms with van der Waals surface area (Å²) >= 11 is 0. The second kappa shape index (κ2) is 16.5. The van der Waals surface area contributed by atoms with Crippen molar-refractivity contribution < 1.29 is 28.6 Å². The molecule has 3 amide bonds. The number of guanidine groups is 1. The molecule has 218 valence electrons. The number of rotatable bonds is 9. The Labute approximate surface area is 250 Å². The highest BCUT2D eigenvalue weighted by Crippen LogP contribution is 2.08. The summed E-state index contributed by atoms with van der Waals surface area (Å²) in [4.78, 5) is 43.9. The molecule has 0 aromatic heterocycles. The number of hydrogen-bond donors (Lipinski definition) is 1. The summed E-state index contributed by atoms with van der Waals surface area (Å²) in [5.74, 6) is -0.410. The first-order valence-corrected chi connectivity index (χ1v) is 13.5. The first-order chi connectivity index (χ1) is 21.1. The van der Waals surface area contributed by atoms with Gasteiger partial charge in [-0.3, -0.25) is 5.32 Å². The normalized spacial score (nSPS) is 11.0. The Kier molecular flexibility index (Phi) is 11.6. The molecule has 0 spiro atoms. The third-order valence-corrected chi connectivity index (χ3v) is 5.91. The van der Waals surface area contributed by atoms with Crippen molar-refractivity contribution >= 4 is 30.3 Å². The van der Waals surface area contributed by atoms with Gasteiger partial charge in [-0.25, -0.2) is 19.3 Å². The maximum absolute atomic E-state index is 13.4. The van der Waals surface area contributed by atoms with Gasteiger partial charge in [-0.2, -0.15) is 0 Å². The number of benzene rings is 4. The Morgan fingerprint density at radius 1 is 0.628 bits per heavy atom. The molecule has 1 N–H and O–H groups in total. The smallest absolute Gasteiger partial charge is 0.437 e. The fourth-order valence-corrected chi connectivity index (χ4v) is 3.75. The van der Waals surface area contributed by atoms with Gasteiger partial charge in [0.1, 0.15) is 19.8 Å². The SMILES string of the molecule is O=C(N=C(NC(=O)OCc1ccccc1)N(C/C=C/c1ccccc1)C(=O)OCc1ccccc1)OCc1ccccc1. The van der Waals surface area contributed by atoms with E-state index in [9.17, 15) is 14.4 Å². The number of alkyl carbamates (subject to hydrolysis) is 1. The minimum absolute atomic E-state index is 0.0369. The molecule has 0 aliphatic carbocycles. The quantitative estimate of drug-likeness (QED) is 0.131. The Hall–Kier alpha value is -5.70. The van der Waals surface area contributed by atoms with Crippen molar-refractivity contribution in [1.82, 2.24) is 10.2 Å². The van der Waals surface area contributed by atoms with Crippen LogP contribution >= 0.6 is 0 Å². The van der Waals surface area contributed by atoms with Gasteiger partial charge in [0.15, 0.2) is 0 Å². The Morgan fingerprint density at radius 3 is 1.63 bits per heavy atom. The predicted octanol–water partition coefficient (Wildman–Crippen LogP) is 6.96. The molecule has 0 aliphatic rings. The molecule has 0 bridgehead atoms. The molecule has 4 aromatic carbocycles. The molecule has 0 saturated heterocycles. The van der Waals surface area contributed by atoms with E-state index in [0.717, 1.165) is 27.2 Å². The lowest BCUT2D eigenvalue weighted by Gasteiger charge is -2.22. The van der Waals surface area contributed by atoms with E-state index in [2.05, 4.69) is 10.3 Å². The third-order valence-electron chi connectivity index (χ3n) is 5.91. The molecule has 0 fully saturated rings. The summed E-state index contributed by atoms with van der Waals surface area (Å²) in [5, 5.41) is 2.42. The Morgan fingerprint density at radius 2 is 1.09 bits per heavy atom. The van der Waals surface area contributed by atoms with Crippen LogP contribution in [0.25, 0.3) is 6.08 Å². The van der Waals surface area contributed by atoms with Gasteiger partial charge in [-0.05, 0) is 22.3 Å². The summed E-state index contributed by atoms with van der Waals surface area (Å²) in [6.45, 7) is -0.221. The van der Waals surface area contributed by atoms with Gasteiger partial charge in [0, 0.05) is 0 Å². The van der Waals surface area contributed by atoms with Gasteiger partial charge < -0.3 is 14.2 Å². The predicted molar refractivity (Wildman–Crippen MR) is 163 cm³/mol. The molecule has 9 heteroatoms. The van der Waals surface area contributed by atoms with E-state index in [1.165, 1.54) is 0 Å². The van der Waals surface area contributed by atoms with E-state index in [1.54, 1.807) is 36.4 Å². The fraction of sp³-hybridized carbons (Fsp3) is 0.118. The lowest BCUT2D eigenvalue weighted by molar-refractivity contribution is 0.116. The van der Waals surface area contributed by atoms with Crippen molar-refractivity contribution in [2.24, 2.45) is 4.99 Å². The lowest BCUT2D eigenvalue weighted by Crippen LogP contribution is -2.48. The molecule has 0 aliphatic heterocycles. The summed E-state index contributed by atoms with van der Waals surface area (Å²) in [6.07, 6.45) is 0.679. The monoisotopic (exact) mass is 577 g/mol. The van der Waals surface area contributed by atoms with Gasteiger partial charge in [0.25, 0.3) is 0 Å². The maximum atomic E-state index is 13.4. The molecule has 4 rings (SSSR count). The standard InChI is InChI=1S/C34H31N3O6/c38-32(41-24-28-16-7-2-8-17-28)35-31(36-33(39)42-25-29-18-9-3-10-19-29)37(23-13-22-27-14-5-1-6-15-27)34(40)43-26-30-20-11-4-12-21-30/h1-22H,23-26H2,(H,35,36,38,39)/b22-13+. The number of nitrogens with zero attached hydrogens (tertiary/aromatic N) is 2. The van der Waals surface area contributed by atoms with E-state index in [-0.39, 0.29) is 26.4 Å². The Balaban J connectivity index is 1.55. The average Bonchev–Trinajstić information content (AvgIpc) is 3.05. The minimum Gasteiger partial charge on any atom is -0.444 e. The van der Waals surface area contributed by atoms with E-state index in [0.29, 0.717) is 0 Å². The van der Waals surface area contributed by atoms with Crippen molar-refractivity contribution in [3.8, 4) is 0 Å². The van der Waals surface area contributed by atoms with Gasteiger partial charge in [-0.15, -0.1) is 4.99 Å². The van der Waals surface area contributed by atoms with Crippen molar-refractivity contribution in [2.75, 3.05) is 6.54 Å². The highest BCUT2D eigenvalue weighted by Gasteiger charge is 2.24. The van der Waals surface area contributed by atoms with Crippen LogP contribution in [-0.4, -0.2) is 35.7 Å².